The Morgan fingerprint density at radius 2 is 1.79 bits per heavy atom. The first-order chi connectivity index (χ1) is 13.9. The van der Waals surface area contributed by atoms with Crippen LogP contribution in [0.5, 0.6) is 0 Å². The van der Waals surface area contributed by atoms with E-state index >= 15 is 0 Å². The molecule has 0 heterocycles. The van der Waals surface area contributed by atoms with Gasteiger partial charge in [0.1, 0.15) is 5.82 Å². The number of anilines is 1. The van der Waals surface area contributed by atoms with Crippen molar-refractivity contribution in [3.05, 3.63) is 65.5 Å². The van der Waals surface area contributed by atoms with Crippen LogP contribution in [-0.2, 0) is 11.2 Å². The van der Waals surface area contributed by atoms with E-state index in [9.17, 15) is 14.0 Å². The second kappa shape index (κ2) is 10.8. The van der Waals surface area contributed by atoms with Crippen molar-refractivity contribution in [2.75, 3.05) is 39.5 Å². The lowest BCUT2D eigenvalue weighted by atomic mass is 10.1. The van der Waals surface area contributed by atoms with Crippen molar-refractivity contribution in [1.82, 2.24) is 15.5 Å². The van der Waals surface area contributed by atoms with E-state index < -0.39 is 0 Å². The Labute approximate surface area is 170 Å². The maximum absolute atomic E-state index is 12.9. The molecule has 0 aliphatic carbocycles. The van der Waals surface area contributed by atoms with Crippen LogP contribution in [0.25, 0.3) is 0 Å². The van der Waals surface area contributed by atoms with E-state index in [0.29, 0.717) is 30.2 Å². The molecule has 2 aromatic carbocycles. The number of hydrogen-bond acceptors (Lipinski definition) is 3. The summed E-state index contributed by atoms with van der Waals surface area (Å²) in [5.74, 6) is -0.180. The molecule has 29 heavy (non-hydrogen) atoms. The quantitative estimate of drug-likeness (QED) is 0.490. The second-order valence-corrected chi connectivity index (χ2v) is 6.56. The number of amides is 2. The van der Waals surface area contributed by atoms with Crippen LogP contribution < -0.4 is 16.0 Å². The molecular weight excluding hydrogens is 373 g/mol. The average Bonchev–Trinajstić information content (AvgIpc) is 2.71. The Morgan fingerprint density at radius 1 is 1.07 bits per heavy atom. The molecule has 0 aliphatic heterocycles. The Balaban J connectivity index is 1.77. The lowest BCUT2D eigenvalue weighted by Crippen LogP contribution is -2.42. The number of halogens is 1. The van der Waals surface area contributed by atoms with Gasteiger partial charge >= 0.3 is 0 Å². The minimum Gasteiger partial charge on any atom is -0.356 e. The van der Waals surface area contributed by atoms with E-state index in [4.69, 9.17) is 0 Å². The van der Waals surface area contributed by atoms with Crippen LogP contribution >= 0.6 is 0 Å². The van der Waals surface area contributed by atoms with Crippen LogP contribution in [0, 0.1) is 5.82 Å². The summed E-state index contributed by atoms with van der Waals surface area (Å²) >= 11 is 0. The highest BCUT2D eigenvalue weighted by atomic mass is 19.1. The number of rotatable bonds is 7. The van der Waals surface area contributed by atoms with Crippen molar-refractivity contribution >= 4 is 23.5 Å². The van der Waals surface area contributed by atoms with Gasteiger partial charge in [0.05, 0.1) is 6.54 Å². The number of carbonyl (C=O) groups excluding carboxylic acids is 2. The van der Waals surface area contributed by atoms with Gasteiger partial charge < -0.3 is 20.9 Å². The third-order valence-electron chi connectivity index (χ3n) is 4.05. The monoisotopic (exact) mass is 399 g/mol. The highest BCUT2D eigenvalue weighted by Gasteiger charge is 2.08. The molecule has 7 nitrogen and oxygen atoms in total. The predicted molar refractivity (Wildman–Crippen MR) is 113 cm³/mol. The molecule has 0 unspecified atom stereocenters. The predicted octanol–water partition coefficient (Wildman–Crippen LogP) is 1.87. The van der Waals surface area contributed by atoms with Gasteiger partial charge in [0.15, 0.2) is 5.96 Å². The van der Waals surface area contributed by atoms with Crippen molar-refractivity contribution in [3.8, 4) is 0 Å². The Hall–Kier alpha value is -3.42. The molecule has 2 aromatic rings. The topological polar surface area (TPSA) is 85.8 Å². The second-order valence-electron chi connectivity index (χ2n) is 6.56. The third-order valence-corrected chi connectivity index (χ3v) is 4.05. The summed E-state index contributed by atoms with van der Waals surface area (Å²) in [5, 5.41) is 8.72. The highest BCUT2D eigenvalue weighted by Crippen LogP contribution is 2.08. The van der Waals surface area contributed by atoms with E-state index in [0.717, 1.165) is 5.56 Å². The van der Waals surface area contributed by atoms with Crippen LogP contribution in [0.4, 0.5) is 10.1 Å². The van der Waals surface area contributed by atoms with Gasteiger partial charge in [-0.25, -0.2) is 4.39 Å². The summed E-state index contributed by atoms with van der Waals surface area (Å²) in [6.45, 7) is 0.600. The summed E-state index contributed by atoms with van der Waals surface area (Å²) < 4.78 is 12.9. The lowest BCUT2D eigenvalue weighted by molar-refractivity contribution is -0.115. The van der Waals surface area contributed by atoms with Gasteiger partial charge in [0.2, 0.25) is 5.91 Å². The summed E-state index contributed by atoms with van der Waals surface area (Å²) in [5.41, 5.74) is 2.19. The van der Waals surface area contributed by atoms with Gasteiger partial charge in [-0.2, -0.15) is 0 Å². The maximum Gasteiger partial charge on any atom is 0.253 e. The molecule has 0 bridgehead atoms. The number of guanidine groups is 1. The Morgan fingerprint density at radius 3 is 2.45 bits per heavy atom. The van der Waals surface area contributed by atoms with Gasteiger partial charge in [0.25, 0.3) is 5.91 Å². The van der Waals surface area contributed by atoms with Crippen molar-refractivity contribution in [2.24, 2.45) is 4.99 Å². The Bertz CT molecular complexity index is 866. The zero-order chi connectivity index (χ0) is 21.2. The van der Waals surface area contributed by atoms with Gasteiger partial charge in [-0.3, -0.25) is 14.6 Å². The van der Waals surface area contributed by atoms with Crippen molar-refractivity contribution in [1.29, 1.82) is 0 Å². The molecule has 154 valence electrons. The van der Waals surface area contributed by atoms with Crippen molar-refractivity contribution in [2.45, 2.75) is 6.42 Å². The van der Waals surface area contributed by atoms with E-state index in [1.807, 2.05) is 18.2 Å². The minimum absolute atomic E-state index is 0.0177. The largest absolute Gasteiger partial charge is 0.356 e. The Kier molecular flexibility index (Phi) is 8.14. The number of carbonyl (C=O) groups is 2. The molecule has 0 aromatic heterocycles. The fourth-order valence-electron chi connectivity index (χ4n) is 2.57. The molecule has 0 aliphatic rings. The number of nitrogens with zero attached hydrogens (tertiary/aromatic N) is 2. The molecule has 0 spiro atoms. The minimum atomic E-state index is -0.359. The van der Waals surface area contributed by atoms with Gasteiger partial charge in [-0.15, -0.1) is 0 Å². The number of hydrogen-bond donors (Lipinski definition) is 3. The molecule has 3 N–H and O–H groups in total. The van der Waals surface area contributed by atoms with Crippen LogP contribution in [-0.4, -0.2) is 56.9 Å². The third kappa shape index (κ3) is 7.25. The SMILES string of the molecule is CN=C(NCCc1cccc(C(=O)N(C)C)c1)NCC(=O)Nc1ccc(F)cc1. The van der Waals surface area contributed by atoms with Crippen LogP contribution in [0.3, 0.4) is 0 Å². The smallest absolute Gasteiger partial charge is 0.253 e. The van der Waals surface area contributed by atoms with Crippen molar-refractivity contribution < 1.29 is 14.0 Å². The van der Waals surface area contributed by atoms with Gasteiger partial charge in [-0.05, 0) is 48.4 Å². The standard InChI is InChI=1S/C21H26FN5O2/c1-23-21(25-14-19(28)26-18-9-7-17(22)8-10-18)24-12-11-15-5-4-6-16(13-15)20(29)27(2)3/h4-10,13H,11-12,14H2,1-3H3,(H,26,28)(H2,23,24,25). The van der Waals surface area contributed by atoms with Gasteiger partial charge in [-0.1, -0.05) is 12.1 Å². The summed E-state index contributed by atoms with van der Waals surface area (Å²) in [6, 6.07) is 13.0. The number of benzene rings is 2. The van der Waals surface area contributed by atoms with Crippen LogP contribution in [0.1, 0.15) is 15.9 Å². The molecule has 2 amide bonds. The molecule has 2 rings (SSSR count). The molecule has 8 heteroatoms. The molecule has 0 atom stereocenters. The molecular formula is C21H26FN5O2. The summed E-state index contributed by atoms with van der Waals surface area (Å²) in [7, 11) is 5.06. The zero-order valence-corrected chi connectivity index (χ0v) is 16.8. The van der Waals surface area contributed by atoms with Crippen LogP contribution in [0.2, 0.25) is 0 Å². The molecule has 0 saturated carbocycles. The summed E-state index contributed by atoms with van der Waals surface area (Å²) in [4.78, 5) is 29.7. The number of aliphatic imine (C=N–C) groups is 1. The van der Waals surface area contributed by atoms with E-state index in [1.54, 1.807) is 32.1 Å². The van der Waals surface area contributed by atoms with Crippen LogP contribution in [0.15, 0.2) is 53.5 Å². The fraction of sp³-hybridized carbons (Fsp3) is 0.286. The van der Waals surface area contributed by atoms with E-state index in [1.165, 1.54) is 24.3 Å². The van der Waals surface area contributed by atoms with Crippen molar-refractivity contribution in [3.63, 3.8) is 0 Å². The maximum atomic E-state index is 12.9. The fourth-order valence-corrected chi connectivity index (χ4v) is 2.57. The normalized spacial score (nSPS) is 11.0. The first-order valence-electron chi connectivity index (χ1n) is 9.19. The zero-order valence-electron chi connectivity index (χ0n) is 16.8. The van der Waals surface area contributed by atoms with E-state index in [-0.39, 0.29) is 24.2 Å². The first-order valence-corrected chi connectivity index (χ1v) is 9.19. The lowest BCUT2D eigenvalue weighted by Gasteiger charge is -2.13. The highest BCUT2D eigenvalue weighted by molar-refractivity contribution is 5.95. The van der Waals surface area contributed by atoms with Gasteiger partial charge in [0, 0.05) is 38.9 Å². The molecule has 0 radical (unpaired) electrons. The first kappa shape index (κ1) is 21.9. The average molecular weight is 399 g/mol. The molecule has 0 saturated heterocycles. The van der Waals surface area contributed by atoms with E-state index in [2.05, 4.69) is 20.9 Å². The number of nitrogens with one attached hydrogen (secondary N) is 3. The summed E-state index contributed by atoms with van der Waals surface area (Å²) in [6.07, 6.45) is 0.691. The molecule has 0 fully saturated rings.